The van der Waals surface area contributed by atoms with Gasteiger partial charge in [0.05, 0.1) is 0 Å². The van der Waals surface area contributed by atoms with Crippen molar-refractivity contribution in [2.24, 2.45) is 0 Å². The normalized spacial score (nSPS) is 16.5. The zero-order valence-corrected chi connectivity index (χ0v) is 21.8. The molecule has 2 amide bonds. The van der Waals surface area contributed by atoms with E-state index in [4.69, 9.17) is 10.5 Å². The molecule has 0 fully saturated rings. The molecular formula is C31H27FN4O3. The summed E-state index contributed by atoms with van der Waals surface area (Å²) in [5.74, 6) is -0.296. The lowest BCUT2D eigenvalue weighted by molar-refractivity contribution is 0.0857. The van der Waals surface area contributed by atoms with Crippen molar-refractivity contribution >= 4 is 23.3 Å². The van der Waals surface area contributed by atoms with E-state index in [-0.39, 0.29) is 29.8 Å². The number of carbonyl (C=O) groups is 2. The van der Waals surface area contributed by atoms with Crippen molar-refractivity contribution in [3.63, 3.8) is 0 Å². The molecule has 6 rings (SSSR count). The summed E-state index contributed by atoms with van der Waals surface area (Å²) in [4.78, 5) is 32.1. The summed E-state index contributed by atoms with van der Waals surface area (Å²) >= 11 is 0. The average Bonchev–Trinajstić information content (AvgIpc) is 3.49. The lowest BCUT2D eigenvalue weighted by atomic mass is 9.84. The van der Waals surface area contributed by atoms with Gasteiger partial charge < -0.3 is 20.7 Å². The van der Waals surface area contributed by atoms with Crippen LogP contribution in [0.25, 0.3) is 0 Å². The fraction of sp³-hybridized carbons (Fsp3) is 0.194. The minimum Gasteiger partial charge on any atom is -0.384 e. The van der Waals surface area contributed by atoms with E-state index in [1.807, 2.05) is 44.2 Å². The third-order valence-corrected chi connectivity index (χ3v) is 7.60. The number of hydrogen-bond acceptors (Lipinski definition) is 5. The number of carbonyl (C=O) groups excluding carboxylic acids is 2. The van der Waals surface area contributed by atoms with Gasteiger partial charge in [-0.3, -0.25) is 9.59 Å². The highest BCUT2D eigenvalue weighted by atomic mass is 19.1. The van der Waals surface area contributed by atoms with Crippen LogP contribution in [0, 0.1) is 19.7 Å². The van der Waals surface area contributed by atoms with Gasteiger partial charge in [-0.2, -0.15) is 0 Å². The van der Waals surface area contributed by atoms with Crippen LogP contribution >= 0.6 is 0 Å². The Labute approximate surface area is 225 Å². The fourth-order valence-electron chi connectivity index (χ4n) is 5.52. The quantitative estimate of drug-likeness (QED) is 0.378. The Bertz CT molecular complexity index is 1630. The number of aryl methyl sites for hydroxylation is 2. The summed E-state index contributed by atoms with van der Waals surface area (Å²) in [7, 11) is 1.66. The van der Waals surface area contributed by atoms with E-state index in [0.717, 1.165) is 39.1 Å². The lowest BCUT2D eigenvalue weighted by Gasteiger charge is -2.20. The number of hydrogen-bond donors (Lipinski definition) is 2. The van der Waals surface area contributed by atoms with Gasteiger partial charge in [0.1, 0.15) is 23.8 Å². The number of aromatic nitrogens is 1. The van der Waals surface area contributed by atoms with Gasteiger partial charge >= 0.3 is 0 Å². The Hall–Kier alpha value is -4.56. The molecule has 0 radical (unpaired) electrons. The Kier molecular flexibility index (Phi) is 5.92. The Balaban J connectivity index is 1.22. The number of anilines is 2. The van der Waals surface area contributed by atoms with Crippen molar-refractivity contribution in [2.45, 2.75) is 32.6 Å². The number of nitrogens with zero attached hydrogens (tertiary/aromatic N) is 2. The van der Waals surface area contributed by atoms with Crippen LogP contribution in [0.5, 0.6) is 0 Å². The van der Waals surface area contributed by atoms with Gasteiger partial charge in [0.15, 0.2) is 0 Å². The van der Waals surface area contributed by atoms with Crippen molar-refractivity contribution in [3.8, 4) is 0 Å². The largest absolute Gasteiger partial charge is 0.384 e. The van der Waals surface area contributed by atoms with Crippen LogP contribution in [-0.2, 0) is 11.3 Å². The zero-order valence-electron chi connectivity index (χ0n) is 21.8. The van der Waals surface area contributed by atoms with Crippen LogP contribution in [0.4, 0.5) is 15.9 Å². The van der Waals surface area contributed by atoms with E-state index in [1.54, 1.807) is 31.3 Å². The van der Waals surface area contributed by atoms with Crippen molar-refractivity contribution in [2.75, 3.05) is 17.7 Å². The number of amides is 2. The molecule has 2 aliphatic heterocycles. The monoisotopic (exact) mass is 522 g/mol. The standard InChI is InChI=1S/C31H27FN4O3/c1-16-12-27(33)35-17(2)26(16)15-34-30(37)18-4-10-22-24(13-18)29-25-14-19(5-11-23(25)28(22)39-29)31(38)36(3)21-8-6-20(32)7-9-21/h4-14,28-29H,15H2,1-3H3,(H2,33,35)(H,34,37)/t28-,29+/m1/s1. The Morgan fingerprint density at radius 3 is 2.21 bits per heavy atom. The number of pyridine rings is 1. The molecule has 0 saturated heterocycles. The first-order chi connectivity index (χ1) is 18.7. The first-order valence-corrected chi connectivity index (χ1v) is 12.7. The van der Waals surface area contributed by atoms with Crippen molar-refractivity contribution in [1.82, 2.24) is 10.3 Å². The van der Waals surface area contributed by atoms with E-state index in [9.17, 15) is 14.0 Å². The third kappa shape index (κ3) is 4.23. The molecule has 0 saturated carbocycles. The van der Waals surface area contributed by atoms with Crippen molar-refractivity contribution < 1.29 is 18.7 Å². The minimum atomic E-state index is -0.359. The number of halogens is 1. The van der Waals surface area contributed by atoms with Gasteiger partial charge in [0, 0.05) is 36.1 Å². The molecule has 3 N–H and O–H groups in total. The first kappa shape index (κ1) is 24.8. The van der Waals surface area contributed by atoms with E-state index >= 15 is 0 Å². The van der Waals surface area contributed by atoms with Crippen LogP contribution in [0.3, 0.4) is 0 Å². The number of nitrogen functional groups attached to an aromatic ring is 1. The maximum absolute atomic E-state index is 13.3. The van der Waals surface area contributed by atoms with Gasteiger partial charge in [-0.15, -0.1) is 0 Å². The van der Waals surface area contributed by atoms with Gasteiger partial charge in [0.2, 0.25) is 0 Å². The van der Waals surface area contributed by atoms with Gasteiger partial charge in [-0.25, -0.2) is 9.37 Å². The Morgan fingerprint density at radius 1 is 0.923 bits per heavy atom. The van der Waals surface area contributed by atoms with Gasteiger partial charge in [-0.1, -0.05) is 12.1 Å². The topological polar surface area (TPSA) is 97.5 Å². The highest BCUT2D eigenvalue weighted by Gasteiger charge is 2.43. The van der Waals surface area contributed by atoms with Gasteiger partial charge in [-0.05, 0) is 102 Å². The van der Waals surface area contributed by atoms with Crippen LogP contribution in [0.15, 0.2) is 66.7 Å². The summed E-state index contributed by atoms with van der Waals surface area (Å²) in [6.45, 7) is 4.17. The Morgan fingerprint density at radius 2 is 1.54 bits per heavy atom. The second kappa shape index (κ2) is 9.32. The van der Waals surface area contributed by atoms with Crippen LogP contribution in [0.2, 0.25) is 0 Å². The summed E-state index contributed by atoms with van der Waals surface area (Å²) in [6.07, 6.45) is -0.593. The second-order valence-corrected chi connectivity index (χ2v) is 10.0. The zero-order chi connectivity index (χ0) is 27.4. The summed E-state index contributed by atoms with van der Waals surface area (Å²) < 4.78 is 19.6. The third-order valence-electron chi connectivity index (χ3n) is 7.60. The molecule has 8 heteroatoms. The summed E-state index contributed by atoms with van der Waals surface area (Å²) in [5, 5.41) is 2.99. The van der Waals surface area contributed by atoms with Crippen molar-refractivity contribution in [3.05, 3.63) is 123 Å². The molecule has 39 heavy (non-hydrogen) atoms. The number of nitrogens with two attached hydrogens (primary N) is 1. The first-order valence-electron chi connectivity index (χ1n) is 12.7. The van der Waals surface area contributed by atoms with Crippen LogP contribution in [0.1, 0.15) is 72.0 Å². The molecule has 7 nitrogen and oxygen atoms in total. The number of fused-ring (bicyclic) bond motifs is 8. The molecule has 1 aromatic heterocycles. The molecule has 4 aromatic rings. The highest BCUT2D eigenvalue weighted by Crippen LogP contribution is 2.54. The molecule has 3 heterocycles. The molecule has 0 unspecified atom stereocenters. The predicted molar refractivity (Wildman–Crippen MR) is 146 cm³/mol. The maximum Gasteiger partial charge on any atom is 0.258 e. The van der Waals surface area contributed by atoms with E-state index < -0.39 is 0 Å². The van der Waals surface area contributed by atoms with E-state index in [1.165, 1.54) is 17.0 Å². The number of ether oxygens (including phenoxy) is 1. The highest BCUT2D eigenvalue weighted by molar-refractivity contribution is 6.06. The number of nitrogens with one attached hydrogen (secondary N) is 1. The molecule has 0 spiro atoms. The predicted octanol–water partition coefficient (Wildman–Crippen LogP) is 5.15. The molecule has 2 atom stereocenters. The van der Waals surface area contributed by atoms with E-state index in [2.05, 4.69) is 10.3 Å². The smallest absolute Gasteiger partial charge is 0.258 e. The lowest BCUT2D eigenvalue weighted by Crippen LogP contribution is -2.26. The van der Waals surface area contributed by atoms with E-state index in [0.29, 0.717) is 29.2 Å². The number of benzene rings is 3. The number of rotatable bonds is 5. The molecule has 0 aliphatic carbocycles. The molecular weight excluding hydrogens is 495 g/mol. The average molecular weight is 523 g/mol. The summed E-state index contributed by atoms with van der Waals surface area (Å²) in [6, 6.07) is 18.8. The maximum atomic E-state index is 13.3. The van der Waals surface area contributed by atoms with Crippen LogP contribution in [-0.4, -0.2) is 23.8 Å². The molecule has 2 aliphatic rings. The molecule has 2 bridgehead atoms. The van der Waals surface area contributed by atoms with Crippen LogP contribution < -0.4 is 16.0 Å². The van der Waals surface area contributed by atoms with Crippen molar-refractivity contribution in [1.29, 1.82) is 0 Å². The van der Waals surface area contributed by atoms with Gasteiger partial charge in [0.25, 0.3) is 11.8 Å². The fourth-order valence-corrected chi connectivity index (χ4v) is 5.52. The molecule has 196 valence electrons. The molecule has 3 aromatic carbocycles. The minimum absolute atomic E-state index is 0.193. The SMILES string of the molecule is Cc1cc(N)nc(C)c1CNC(=O)c1ccc2c(c1)[C@@H]1O[C@H]2c2ccc(C(=O)N(C)c3ccc(F)cc3)cc21. The second-order valence-electron chi connectivity index (χ2n) is 10.0. The summed E-state index contributed by atoms with van der Waals surface area (Å²) in [5.41, 5.74) is 14.1.